The highest BCUT2D eigenvalue weighted by molar-refractivity contribution is 7.99. The Labute approximate surface area is 120 Å². The highest BCUT2D eigenvalue weighted by Crippen LogP contribution is 2.29. The minimum absolute atomic E-state index is 0.142. The maximum atomic E-state index is 7.83. The smallest absolute Gasteiger partial charge is 0.126 e. The first-order chi connectivity index (χ1) is 8.97. The van der Waals surface area contributed by atoms with Gasteiger partial charge in [-0.15, -0.1) is 11.8 Å². The summed E-state index contributed by atoms with van der Waals surface area (Å²) in [6.45, 7) is 3.99. The van der Waals surface area contributed by atoms with E-state index in [-0.39, 0.29) is 5.84 Å². The third kappa shape index (κ3) is 4.44. The average Bonchev–Trinajstić information content (AvgIpc) is 2.35. The van der Waals surface area contributed by atoms with Crippen LogP contribution in [0.15, 0.2) is 23.1 Å². The number of hydrogen-bond donors (Lipinski definition) is 2. The summed E-state index contributed by atoms with van der Waals surface area (Å²) in [6.07, 6.45) is 0. The molecule has 4 nitrogen and oxygen atoms in total. The summed E-state index contributed by atoms with van der Waals surface area (Å²) >= 11 is 1.73. The third-order valence-corrected chi connectivity index (χ3v) is 3.81. The van der Waals surface area contributed by atoms with Gasteiger partial charge in [-0.3, -0.25) is 5.41 Å². The van der Waals surface area contributed by atoms with Crippen molar-refractivity contribution >= 4 is 23.3 Å². The maximum absolute atomic E-state index is 7.83. The minimum Gasteiger partial charge on any atom is -0.384 e. The van der Waals surface area contributed by atoms with Gasteiger partial charge in [0.2, 0.25) is 0 Å². The van der Waals surface area contributed by atoms with Gasteiger partial charge >= 0.3 is 0 Å². The number of likely N-dealkylation sites (N-methyl/N-ethyl adjacent to an activating group) is 2. The second-order valence-corrected chi connectivity index (χ2v) is 6.03. The Balaban J connectivity index is 3.04. The third-order valence-electron chi connectivity index (χ3n) is 2.87. The van der Waals surface area contributed by atoms with Crippen LogP contribution in [-0.4, -0.2) is 50.7 Å². The number of anilines is 1. The molecule has 1 aromatic rings. The Morgan fingerprint density at radius 3 is 2.47 bits per heavy atom. The molecule has 0 fully saturated rings. The summed E-state index contributed by atoms with van der Waals surface area (Å²) in [4.78, 5) is 5.40. The van der Waals surface area contributed by atoms with E-state index in [4.69, 9.17) is 11.1 Å². The molecule has 0 bridgehead atoms. The molecule has 19 heavy (non-hydrogen) atoms. The van der Waals surface area contributed by atoms with Crippen molar-refractivity contribution in [1.82, 2.24) is 4.90 Å². The number of rotatable bonds is 7. The molecule has 0 aromatic heterocycles. The molecule has 1 aromatic carbocycles. The van der Waals surface area contributed by atoms with E-state index in [0.717, 1.165) is 35.0 Å². The first kappa shape index (κ1) is 15.9. The molecule has 0 heterocycles. The number of thioether (sulfide) groups is 1. The highest BCUT2D eigenvalue weighted by atomic mass is 32.2. The summed E-state index contributed by atoms with van der Waals surface area (Å²) < 4.78 is 0. The second kappa shape index (κ2) is 7.40. The topological polar surface area (TPSA) is 56.4 Å². The Kier molecular flexibility index (Phi) is 6.18. The zero-order chi connectivity index (χ0) is 14.4. The van der Waals surface area contributed by atoms with Crippen LogP contribution in [0.1, 0.15) is 12.5 Å². The fraction of sp³-hybridized carbons (Fsp3) is 0.500. The molecule has 3 N–H and O–H groups in total. The average molecular weight is 280 g/mol. The predicted octanol–water partition coefficient (Wildman–Crippen LogP) is 2.08. The zero-order valence-corrected chi connectivity index (χ0v) is 13.0. The summed E-state index contributed by atoms with van der Waals surface area (Å²) in [5.74, 6) is 1.12. The van der Waals surface area contributed by atoms with E-state index in [9.17, 15) is 0 Å². The number of nitrogens with two attached hydrogens (primary N) is 1. The molecule has 0 aliphatic carbocycles. The molecular formula is C14H24N4S. The van der Waals surface area contributed by atoms with Crippen molar-refractivity contribution in [2.24, 2.45) is 5.73 Å². The lowest BCUT2D eigenvalue weighted by molar-refractivity contribution is 0.416. The van der Waals surface area contributed by atoms with E-state index in [1.807, 2.05) is 25.2 Å². The Morgan fingerprint density at radius 1 is 1.26 bits per heavy atom. The molecule has 0 aliphatic rings. The Bertz CT molecular complexity index is 431. The normalized spacial score (nSPS) is 10.8. The molecule has 0 unspecified atom stereocenters. The lowest BCUT2D eigenvalue weighted by atomic mass is 10.1. The summed E-state index contributed by atoms with van der Waals surface area (Å²) in [6, 6.07) is 6.10. The number of nitrogens with one attached hydrogen (secondary N) is 1. The van der Waals surface area contributed by atoms with Gasteiger partial charge in [-0.1, -0.05) is 13.0 Å². The van der Waals surface area contributed by atoms with Crippen molar-refractivity contribution in [3.8, 4) is 0 Å². The van der Waals surface area contributed by atoms with E-state index in [2.05, 4.69) is 30.8 Å². The molecule has 0 spiro atoms. The lowest BCUT2D eigenvalue weighted by Gasteiger charge is -2.25. The van der Waals surface area contributed by atoms with Gasteiger partial charge in [-0.2, -0.15) is 0 Å². The van der Waals surface area contributed by atoms with E-state index < -0.39 is 0 Å². The molecule has 0 aliphatic heterocycles. The van der Waals surface area contributed by atoms with E-state index in [1.165, 1.54) is 0 Å². The molecule has 0 radical (unpaired) electrons. The zero-order valence-electron chi connectivity index (χ0n) is 12.2. The van der Waals surface area contributed by atoms with Gasteiger partial charge in [-0.25, -0.2) is 0 Å². The fourth-order valence-electron chi connectivity index (χ4n) is 1.85. The van der Waals surface area contributed by atoms with Crippen molar-refractivity contribution in [3.05, 3.63) is 23.8 Å². The summed E-state index contributed by atoms with van der Waals surface area (Å²) in [5.41, 5.74) is 7.66. The monoisotopic (exact) mass is 280 g/mol. The van der Waals surface area contributed by atoms with Crippen molar-refractivity contribution in [2.75, 3.05) is 44.9 Å². The largest absolute Gasteiger partial charge is 0.384 e. The summed E-state index contributed by atoms with van der Waals surface area (Å²) in [7, 11) is 6.16. The van der Waals surface area contributed by atoms with Crippen LogP contribution in [0.2, 0.25) is 0 Å². The maximum Gasteiger partial charge on any atom is 0.126 e. The van der Waals surface area contributed by atoms with E-state index >= 15 is 0 Å². The van der Waals surface area contributed by atoms with Gasteiger partial charge in [0.1, 0.15) is 5.84 Å². The molecule has 0 saturated carbocycles. The fourth-order valence-corrected chi connectivity index (χ4v) is 2.70. The van der Waals surface area contributed by atoms with Crippen LogP contribution in [0, 0.1) is 5.41 Å². The standard InChI is InChI=1S/C14H24N4S/c1-5-19-12-8-6-7-11(13(12)14(15)16)18(4)10-9-17(2)3/h6-8H,5,9-10H2,1-4H3,(H3,15,16). The Hall–Kier alpha value is -1.20. The molecular weight excluding hydrogens is 256 g/mol. The van der Waals surface area contributed by atoms with Gasteiger partial charge in [0, 0.05) is 30.7 Å². The molecule has 1 rings (SSSR count). The van der Waals surface area contributed by atoms with Crippen LogP contribution >= 0.6 is 11.8 Å². The lowest BCUT2D eigenvalue weighted by Crippen LogP contribution is -2.30. The molecule has 0 saturated heterocycles. The van der Waals surface area contributed by atoms with Crippen LogP contribution in [0.4, 0.5) is 5.69 Å². The molecule has 5 heteroatoms. The van der Waals surface area contributed by atoms with Crippen molar-refractivity contribution in [3.63, 3.8) is 0 Å². The van der Waals surface area contributed by atoms with Crippen LogP contribution in [0.3, 0.4) is 0 Å². The first-order valence-corrected chi connectivity index (χ1v) is 7.42. The predicted molar refractivity (Wildman–Crippen MR) is 85.7 cm³/mol. The van der Waals surface area contributed by atoms with Crippen LogP contribution in [0.5, 0.6) is 0 Å². The minimum atomic E-state index is 0.142. The van der Waals surface area contributed by atoms with Crippen molar-refractivity contribution in [2.45, 2.75) is 11.8 Å². The number of hydrogen-bond acceptors (Lipinski definition) is 4. The molecule has 0 atom stereocenters. The quantitative estimate of drug-likeness (QED) is 0.456. The Morgan fingerprint density at radius 2 is 1.95 bits per heavy atom. The van der Waals surface area contributed by atoms with Crippen LogP contribution in [0.25, 0.3) is 0 Å². The number of amidine groups is 1. The van der Waals surface area contributed by atoms with Crippen LogP contribution < -0.4 is 10.6 Å². The SMILES string of the molecule is CCSc1cccc(N(C)CCN(C)C)c1C(=N)N. The summed E-state index contributed by atoms with van der Waals surface area (Å²) in [5, 5.41) is 7.83. The van der Waals surface area contributed by atoms with Gasteiger partial charge in [0.15, 0.2) is 0 Å². The van der Waals surface area contributed by atoms with Crippen LogP contribution in [-0.2, 0) is 0 Å². The number of nitrogens with zero attached hydrogens (tertiary/aromatic N) is 2. The van der Waals surface area contributed by atoms with Crippen molar-refractivity contribution in [1.29, 1.82) is 5.41 Å². The number of nitrogen functional groups attached to an aromatic ring is 1. The van der Waals surface area contributed by atoms with E-state index in [1.54, 1.807) is 11.8 Å². The first-order valence-electron chi connectivity index (χ1n) is 6.43. The molecule has 0 amide bonds. The van der Waals surface area contributed by atoms with Gasteiger partial charge in [0.25, 0.3) is 0 Å². The number of benzene rings is 1. The van der Waals surface area contributed by atoms with Crippen molar-refractivity contribution < 1.29 is 0 Å². The van der Waals surface area contributed by atoms with E-state index in [0.29, 0.717) is 0 Å². The highest BCUT2D eigenvalue weighted by Gasteiger charge is 2.14. The molecule has 106 valence electrons. The second-order valence-electron chi connectivity index (χ2n) is 4.72. The van der Waals surface area contributed by atoms with Gasteiger partial charge in [0.05, 0.1) is 5.56 Å². The van der Waals surface area contributed by atoms with Gasteiger partial charge in [-0.05, 0) is 32.0 Å². The van der Waals surface area contributed by atoms with Gasteiger partial charge < -0.3 is 15.5 Å².